The van der Waals surface area contributed by atoms with Gasteiger partial charge in [0.2, 0.25) is 0 Å². The first-order valence-corrected chi connectivity index (χ1v) is 7.15. The van der Waals surface area contributed by atoms with Gasteiger partial charge in [-0.05, 0) is 45.8 Å². The molecule has 0 aliphatic heterocycles. The number of rotatable bonds is 6. The van der Waals surface area contributed by atoms with E-state index < -0.39 is 0 Å². The summed E-state index contributed by atoms with van der Waals surface area (Å²) in [6, 6.07) is 3.32. The van der Waals surface area contributed by atoms with Crippen LogP contribution in [0.15, 0.2) is 12.3 Å². The summed E-state index contributed by atoms with van der Waals surface area (Å²) in [4.78, 5) is 2.33. The van der Waals surface area contributed by atoms with Gasteiger partial charge in [-0.3, -0.25) is 9.58 Å². The van der Waals surface area contributed by atoms with Gasteiger partial charge < -0.3 is 5.73 Å². The molecule has 18 heavy (non-hydrogen) atoms. The second-order valence-electron chi connectivity index (χ2n) is 5.57. The van der Waals surface area contributed by atoms with E-state index in [1.165, 1.54) is 31.4 Å². The van der Waals surface area contributed by atoms with Gasteiger partial charge in [0.05, 0.1) is 11.7 Å². The van der Waals surface area contributed by atoms with Crippen LogP contribution in [0, 0.1) is 0 Å². The van der Waals surface area contributed by atoms with E-state index in [2.05, 4.69) is 35.8 Å². The molecule has 4 nitrogen and oxygen atoms in total. The van der Waals surface area contributed by atoms with Crippen LogP contribution in [0.2, 0.25) is 0 Å². The molecule has 1 saturated carbocycles. The molecule has 102 valence electrons. The maximum atomic E-state index is 5.60. The van der Waals surface area contributed by atoms with E-state index >= 15 is 0 Å². The summed E-state index contributed by atoms with van der Waals surface area (Å²) >= 11 is 0. The van der Waals surface area contributed by atoms with Crippen molar-refractivity contribution in [2.24, 2.45) is 5.73 Å². The lowest BCUT2D eigenvalue weighted by atomic mass is 10.2. The number of hydrogen-bond acceptors (Lipinski definition) is 3. The van der Waals surface area contributed by atoms with Crippen LogP contribution >= 0.6 is 0 Å². The Labute approximate surface area is 110 Å². The SMILES string of the molecule is CC(CCN)N(C)Cc1ccn(C2CCCC2)n1. The molecule has 1 heterocycles. The smallest absolute Gasteiger partial charge is 0.0764 e. The first kappa shape index (κ1) is 13.6. The Balaban J connectivity index is 1.89. The quantitative estimate of drug-likeness (QED) is 0.841. The molecule has 0 bridgehead atoms. The highest BCUT2D eigenvalue weighted by atomic mass is 15.3. The van der Waals surface area contributed by atoms with Crippen LogP contribution in [-0.4, -0.2) is 34.3 Å². The number of nitrogens with zero attached hydrogens (tertiary/aromatic N) is 3. The fourth-order valence-corrected chi connectivity index (χ4v) is 2.71. The van der Waals surface area contributed by atoms with Gasteiger partial charge in [0.15, 0.2) is 0 Å². The highest BCUT2D eigenvalue weighted by Gasteiger charge is 2.18. The molecular weight excluding hydrogens is 224 g/mol. The fourth-order valence-electron chi connectivity index (χ4n) is 2.71. The van der Waals surface area contributed by atoms with E-state index in [0.29, 0.717) is 12.1 Å². The van der Waals surface area contributed by atoms with Gasteiger partial charge in [0.25, 0.3) is 0 Å². The molecule has 1 fully saturated rings. The van der Waals surface area contributed by atoms with Crippen molar-refractivity contribution in [2.45, 2.75) is 57.7 Å². The Morgan fingerprint density at radius 1 is 1.50 bits per heavy atom. The minimum Gasteiger partial charge on any atom is -0.330 e. The lowest BCUT2D eigenvalue weighted by Crippen LogP contribution is -2.30. The molecule has 1 aromatic rings. The van der Waals surface area contributed by atoms with Crippen molar-refractivity contribution >= 4 is 0 Å². The van der Waals surface area contributed by atoms with E-state index in [4.69, 9.17) is 10.8 Å². The molecule has 1 aromatic heterocycles. The Bertz CT molecular complexity index is 354. The van der Waals surface area contributed by atoms with E-state index in [1.807, 2.05) is 0 Å². The van der Waals surface area contributed by atoms with Gasteiger partial charge in [-0.2, -0.15) is 5.10 Å². The maximum absolute atomic E-state index is 5.60. The second-order valence-corrected chi connectivity index (χ2v) is 5.57. The molecule has 0 aromatic carbocycles. The monoisotopic (exact) mass is 250 g/mol. The Hall–Kier alpha value is -0.870. The van der Waals surface area contributed by atoms with E-state index in [0.717, 1.165) is 19.5 Å². The van der Waals surface area contributed by atoms with Crippen molar-refractivity contribution in [3.8, 4) is 0 Å². The summed E-state index contributed by atoms with van der Waals surface area (Å²) in [7, 11) is 2.15. The van der Waals surface area contributed by atoms with E-state index in [1.54, 1.807) is 0 Å². The number of aromatic nitrogens is 2. The van der Waals surface area contributed by atoms with Crippen molar-refractivity contribution in [1.29, 1.82) is 0 Å². The zero-order chi connectivity index (χ0) is 13.0. The van der Waals surface area contributed by atoms with Crippen molar-refractivity contribution in [2.75, 3.05) is 13.6 Å². The number of hydrogen-bond donors (Lipinski definition) is 1. The summed E-state index contributed by atoms with van der Waals surface area (Å²) in [6.45, 7) is 3.89. The Morgan fingerprint density at radius 3 is 2.89 bits per heavy atom. The van der Waals surface area contributed by atoms with Crippen LogP contribution < -0.4 is 5.73 Å². The summed E-state index contributed by atoms with van der Waals surface area (Å²) in [5.74, 6) is 0. The number of nitrogens with two attached hydrogens (primary N) is 1. The maximum Gasteiger partial charge on any atom is 0.0764 e. The predicted molar refractivity (Wildman–Crippen MR) is 74.3 cm³/mol. The zero-order valence-corrected chi connectivity index (χ0v) is 11.7. The van der Waals surface area contributed by atoms with Crippen molar-refractivity contribution in [1.82, 2.24) is 14.7 Å². The molecule has 2 rings (SSSR count). The standard InChI is InChI=1S/C14H26N4/c1-12(7-9-15)17(2)11-13-8-10-18(16-13)14-5-3-4-6-14/h8,10,12,14H,3-7,9,11,15H2,1-2H3. The third-order valence-corrected chi connectivity index (χ3v) is 4.11. The molecule has 0 radical (unpaired) electrons. The molecule has 2 N–H and O–H groups in total. The average Bonchev–Trinajstić information content (AvgIpc) is 2.98. The zero-order valence-electron chi connectivity index (χ0n) is 11.7. The molecule has 0 saturated heterocycles. The minimum atomic E-state index is 0.520. The van der Waals surface area contributed by atoms with Crippen LogP contribution in [0.4, 0.5) is 0 Å². The lowest BCUT2D eigenvalue weighted by molar-refractivity contribution is 0.236. The summed E-state index contributed by atoms with van der Waals surface area (Å²) < 4.78 is 2.17. The normalized spacial score (nSPS) is 18.7. The third-order valence-electron chi connectivity index (χ3n) is 4.11. The van der Waals surface area contributed by atoms with Gasteiger partial charge in [0, 0.05) is 18.8 Å². The Morgan fingerprint density at radius 2 is 2.22 bits per heavy atom. The summed E-state index contributed by atoms with van der Waals surface area (Å²) in [5, 5.41) is 4.72. The highest BCUT2D eigenvalue weighted by Crippen LogP contribution is 2.28. The van der Waals surface area contributed by atoms with Gasteiger partial charge in [-0.15, -0.1) is 0 Å². The van der Waals surface area contributed by atoms with Crippen LogP contribution in [0.3, 0.4) is 0 Å². The highest BCUT2D eigenvalue weighted by molar-refractivity contribution is 5.00. The summed E-state index contributed by atoms with van der Waals surface area (Å²) in [6.07, 6.45) is 8.48. The molecule has 4 heteroatoms. The first-order valence-electron chi connectivity index (χ1n) is 7.15. The minimum absolute atomic E-state index is 0.520. The second kappa shape index (κ2) is 6.34. The molecule has 0 amide bonds. The first-order chi connectivity index (χ1) is 8.70. The van der Waals surface area contributed by atoms with Gasteiger partial charge >= 0.3 is 0 Å². The van der Waals surface area contributed by atoms with Crippen LogP contribution in [0.1, 0.15) is 50.8 Å². The van der Waals surface area contributed by atoms with Crippen LogP contribution in [-0.2, 0) is 6.54 Å². The van der Waals surface area contributed by atoms with Crippen LogP contribution in [0.25, 0.3) is 0 Å². The molecule has 1 atom stereocenters. The summed E-state index contributed by atoms with van der Waals surface area (Å²) in [5.41, 5.74) is 6.78. The molecule has 1 aliphatic rings. The molecule has 1 unspecified atom stereocenters. The van der Waals surface area contributed by atoms with Gasteiger partial charge in [-0.1, -0.05) is 12.8 Å². The van der Waals surface area contributed by atoms with E-state index in [-0.39, 0.29) is 0 Å². The van der Waals surface area contributed by atoms with Crippen molar-refractivity contribution < 1.29 is 0 Å². The van der Waals surface area contributed by atoms with Gasteiger partial charge in [-0.25, -0.2) is 0 Å². The van der Waals surface area contributed by atoms with Crippen molar-refractivity contribution in [3.63, 3.8) is 0 Å². The fraction of sp³-hybridized carbons (Fsp3) is 0.786. The largest absolute Gasteiger partial charge is 0.330 e. The lowest BCUT2D eigenvalue weighted by Gasteiger charge is -2.23. The topological polar surface area (TPSA) is 47.1 Å². The average molecular weight is 250 g/mol. The third kappa shape index (κ3) is 3.33. The van der Waals surface area contributed by atoms with Crippen molar-refractivity contribution in [3.05, 3.63) is 18.0 Å². The predicted octanol–water partition coefficient (Wildman–Crippen LogP) is 2.17. The molecule has 0 spiro atoms. The van der Waals surface area contributed by atoms with E-state index in [9.17, 15) is 0 Å². The Kier molecular flexibility index (Phi) is 4.78. The van der Waals surface area contributed by atoms with Crippen LogP contribution in [0.5, 0.6) is 0 Å². The molecule has 1 aliphatic carbocycles. The van der Waals surface area contributed by atoms with Gasteiger partial charge in [0.1, 0.15) is 0 Å². The molecular formula is C14H26N4.